The van der Waals surface area contributed by atoms with Gasteiger partial charge in [-0.2, -0.15) is 5.26 Å². The third-order valence-corrected chi connectivity index (χ3v) is 3.23. The fraction of sp³-hybridized carbons (Fsp3) is 0.182. The molecule has 70 valence electrons. The van der Waals surface area contributed by atoms with Gasteiger partial charge >= 0.3 is 0 Å². The number of nitriles is 1. The van der Waals surface area contributed by atoms with Gasteiger partial charge in [0.05, 0.1) is 0 Å². The van der Waals surface area contributed by atoms with E-state index in [1.165, 1.54) is 16.9 Å². The highest BCUT2D eigenvalue weighted by Crippen LogP contribution is 2.36. The topological polar surface area (TPSA) is 44.0 Å². The lowest BCUT2D eigenvalue weighted by Gasteiger charge is -1.95. The summed E-state index contributed by atoms with van der Waals surface area (Å²) in [6.07, 6.45) is 0.942. The summed E-state index contributed by atoms with van der Waals surface area (Å²) in [6, 6.07) is 7.99. The number of aryl methyl sites for hydroxylation is 1. The molecule has 0 aliphatic rings. The third kappa shape index (κ3) is 1.24. The zero-order chi connectivity index (χ0) is 10.1. The first kappa shape index (κ1) is 9.04. The third-order valence-electron chi connectivity index (χ3n) is 2.25. The van der Waals surface area contributed by atoms with Crippen molar-refractivity contribution in [2.75, 3.05) is 0 Å². The van der Waals surface area contributed by atoms with Crippen LogP contribution in [0.1, 0.15) is 18.1 Å². The van der Waals surface area contributed by atoms with Crippen LogP contribution in [0.2, 0.25) is 0 Å². The molecule has 0 amide bonds. The Bertz CT molecular complexity index is 522. The summed E-state index contributed by atoms with van der Waals surface area (Å²) in [5, 5.41) is 19.4. The van der Waals surface area contributed by atoms with Gasteiger partial charge in [-0.1, -0.05) is 24.3 Å². The summed E-state index contributed by atoms with van der Waals surface area (Å²) in [7, 11) is 0. The Labute approximate surface area is 86.0 Å². The van der Waals surface area contributed by atoms with E-state index in [-0.39, 0.29) is 5.06 Å². The van der Waals surface area contributed by atoms with Gasteiger partial charge in [0.1, 0.15) is 11.6 Å². The van der Waals surface area contributed by atoms with Gasteiger partial charge < -0.3 is 5.11 Å². The molecule has 0 fully saturated rings. The summed E-state index contributed by atoms with van der Waals surface area (Å²) in [5.41, 5.74) is 1.59. The molecule has 0 spiro atoms. The lowest BCUT2D eigenvalue weighted by Crippen LogP contribution is -1.78. The SMILES string of the molecule is CCc1ccc2sc(O)c(C#N)c2c1. The highest BCUT2D eigenvalue weighted by molar-refractivity contribution is 7.21. The molecule has 1 aromatic heterocycles. The predicted octanol–water partition coefficient (Wildman–Crippen LogP) is 3.04. The molecule has 0 radical (unpaired) electrons. The summed E-state index contributed by atoms with van der Waals surface area (Å²) < 4.78 is 0.969. The predicted molar refractivity (Wildman–Crippen MR) is 57.6 cm³/mol. The largest absolute Gasteiger partial charge is 0.499 e. The van der Waals surface area contributed by atoms with E-state index in [4.69, 9.17) is 5.26 Å². The van der Waals surface area contributed by atoms with Gasteiger partial charge in [0.15, 0.2) is 5.06 Å². The summed E-state index contributed by atoms with van der Waals surface area (Å²) >= 11 is 1.26. The van der Waals surface area contributed by atoms with Gasteiger partial charge in [-0.15, -0.1) is 0 Å². The van der Waals surface area contributed by atoms with E-state index in [9.17, 15) is 5.11 Å². The Morgan fingerprint density at radius 2 is 2.29 bits per heavy atom. The lowest BCUT2D eigenvalue weighted by atomic mass is 10.1. The average molecular weight is 203 g/mol. The Morgan fingerprint density at radius 1 is 1.50 bits per heavy atom. The molecular weight excluding hydrogens is 194 g/mol. The van der Waals surface area contributed by atoms with Crippen LogP contribution in [0.3, 0.4) is 0 Å². The Kier molecular flexibility index (Phi) is 2.14. The van der Waals surface area contributed by atoms with Crippen molar-refractivity contribution in [3.63, 3.8) is 0 Å². The molecule has 1 heterocycles. The van der Waals surface area contributed by atoms with Crippen LogP contribution in [0.15, 0.2) is 18.2 Å². The van der Waals surface area contributed by atoms with E-state index in [2.05, 4.69) is 6.92 Å². The number of hydrogen-bond acceptors (Lipinski definition) is 3. The normalized spacial score (nSPS) is 10.3. The molecule has 0 unspecified atom stereocenters. The van der Waals surface area contributed by atoms with E-state index < -0.39 is 0 Å². The molecule has 0 saturated heterocycles. The van der Waals surface area contributed by atoms with Crippen LogP contribution in [-0.2, 0) is 6.42 Å². The lowest BCUT2D eigenvalue weighted by molar-refractivity contribution is 0.490. The Morgan fingerprint density at radius 3 is 2.93 bits per heavy atom. The minimum Gasteiger partial charge on any atom is -0.499 e. The number of nitrogens with zero attached hydrogens (tertiary/aromatic N) is 1. The van der Waals surface area contributed by atoms with Crippen LogP contribution in [0.4, 0.5) is 0 Å². The van der Waals surface area contributed by atoms with Crippen molar-refractivity contribution in [2.45, 2.75) is 13.3 Å². The highest BCUT2D eigenvalue weighted by Gasteiger charge is 2.10. The van der Waals surface area contributed by atoms with E-state index in [1.807, 2.05) is 24.3 Å². The summed E-state index contributed by atoms with van der Waals surface area (Å²) in [4.78, 5) is 0. The van der Waals surface area contributed by atoms with Crippen LogP contribution in [0.5, 0.6) is 5.06 Å². The number of thiophene rings is 1. The zero-order valence-electron chi connectivity index (χ0n) is 7.74. The van der Waals surface area contributed by atoms with E-state index >= 15 is 0 Å². The summed E-state index contributed by atoms with van der Waals surface area (Å²) in [5.74, 6) is 0. The van der Waals surface area contributed by atoms with Crippen molar-refractivity contribution in [3.05, 3.63) is 29.3 Å². The van der Waals surface area contributed by atoms with Crippen molar-refractivity contribution in [1.82, 2.24) is 0 Å². The molecule has 0 aliphatic heterocycles. The molecule has 2 aromatic rings. The molecule has 3 heteroatoms. The van der Waals surface area contributed by atoms with Crippen LogP contribution in [-0.4, -0.2) is 5.11 Å². The maximum Gasteiger partial charge on any atom is 0.190 e. The molecule has 0 aliphatic carbocycles. The number of fused-ring (bicyclic) bond motifs is 1. The number of aromatic hydroxyl groups is 1. The number of rotatable bonds is 1. The number of benzene rings is 1. The van der Waals surface area contributed by atoms with Crippen molar-refractivity contribution < 1.29 is 5.11 Å². The quantitative estimate of drug-likeness (QED) is 0.774. The van der Waals surface area contributed by atoms with Gasteiger partial charge in [0.25, 0.3) is 0 Å². The van der Waals surface area contributed by atoms with Crippen molar-refractivity contribution >= 4 is 21.4 Å². The zero-order valence-corrected chi connectivity index (χ0v) is 8.56. The molecule has 0 saturated carbocycles. The van der Waals surface area contributed by atoms with Gasteiger partial charge in [0, 0.05) is 10.1 Å². The van der Waals surface area contributed by atoms with Crippen LogP contribution >= 0.6 is 11.3 Å². The second-order valence-electron chi connectivity index (χ2n) is 3.08. The van der Waals surface area contributed by atoms with Gasteiger partial charge in [-0.05, 0) is 24.1 Å². The maximum absolute atomic E-state index is 9.49. The van der Waals surface area contributed by atoms with Crippen molar-refractivity contribution in [3.8, 4) is 11.1 Å². The molecule has 0 bridgehead atoms. The average Bonchev–Trinajstić information content (AvgIpc) is 2.52. The molecule has 2 nitrogen and oxygen atoms in total. The monoisotopic (exact) mass is 203 g/mol. The Balaban J connectivity index is 2.79. The molecule has 0 atom stereocenters. The second-order valence-corrected chi connectivity index (χ2v) is 4.11. The molecule has 14 heavy (non-hydrogen) atoms. The first-order valence-corrected chi connectivity index (χ1v) is 5.22. The molecular formula is C11H9NOS. The van der Waals surface area contributed by atoms with E-state index in [1.54, 1.807) is 0 Å². The fourth-order valence-electron chi connectivity index (χ4n) is 1.46. The van der Waals surface area contributed by atoms with E-state index in [0.717, 1.165) is 16.5 Å². The minimum atomic E-state index is 0.121. The molecule has 1 N–H and O–H groups in total. The van der Waals surface area contributed by atoms with Gasteiger partial charge in [-0.25, -0.2) is 0 Å². The van der Waals surface area contributed by atoms with E-state index in [0.29, 0.717) is 5.56 Å². The standard InChI is InChI=1S/C11H9NOS/c1-2-7-3-4-10-8(5-7)9(6-12)11(13)14-10/h3-5,13H,2H2,1H3. The smallest absolute Gasteiger partial charge is 0.190 e. The summed E-state index contributed by atoms with van der Waals surface area (Å²) in [6.45, 7) is 2.07. The first-order valence-electron chi connectivity index (χ1n) is 4.40. The fourth-order valence-corrected chi connectivity index (χ4v) is 2.33. The van der Waals surface area contributed by atoms with Gasteiger partial charge in [0.2, 0.25) is 0 Å². The second kappa shape index (κ2) is 3.32. The number of hydrogen-bond donors (Lipinski definition) is 1. The van der Waals surface area contributed by atoms with Crippen LogP contribution in [0, 0.1) is 11.3 Å². The Hall–Kier alpha value is -1.53. The van der Waals surface area contributed by atoms with Gasteiger partial charge in [-0.3, -0.25) is 0 Å². The first-order chi connectivity index (χ1) is 6.76. The van der Waals surface area contributed by atoms with Crippen LogP contribution < -0.4 is 0 Å². The minimum absolute atomic E-state index is 0.121. The molecule has 1 aromatic carbocycles. The van der Waals surface area contributed by atoms with Crippen molar-refractivity contribution in [1.29, 1.82) is 5.26 Å². The highest BCUT2D eigenvalue weighted by atomic mass is 32.1. The van der Waals surface area contributed by atoms with Crippen LogP contribution in [0.25, 0.3) is 10.1 Å². The molecule has 2 rings (SSSR count). The maximum atomic E-state index is 9.49. The van der Waals surface area contributed by atoms with Crippen molar-refractivity contribution in [2.24, 2.45) is 0 Å².